The topological polar surface area (TPSA) is 127 Å². The molecule has 2 aromatic heterocycles. The van der Waals surface area contributed by atoms with Gasteiger partial charge in [-0.05, 0) is 53.1 Å². The summed E-state index contributed by atoms with van der Waals surface area (Å²) in [5, 5.41) is 12.3. The Bertz CT molecular complexity index is 2210. The van der Waals surface area contributed by atoms with Crippen molar-refractivity contribution in [1.29, 1.82) is 0 Å². The molecule has 0 amide bonds. The van der Waals surface area contributed by atoms with E-state index >= 15 is 0 Å². The van der Waals surface area contributed by atoms with Gasteiger partial charge in [0.2, 0.25) is 5.95 Å². The minimum absolute atomic E-state index is 0.0321. The van der Waals surface area contributed by atoms with Crippen molar-refractivity contribution >= 4 is 17.1 Å². The van der Waals surface area contributed by atoms with Gasteiger partial charge in [0.1, 0.15) is 29.0 Å². The lowest BCUT2D eigenvalue weighted by Gasteiger charge is -2.38. The summed E-state index contributed by atoms with van der Waals surface area (Å²) < 4.78 is 27.4. The normalized spacial score (nSPS) is 18.5. The van der Waals surface area contributed by atoms with Crippen LogP contribution < -0.4 is 19.9 Å². The summed E-state index contributed by atoms with van der Waals surface area (Å²) in [6.07, 6.45) is 0.744. The highest BCUT2D eigenvalue weighted by Gasteiger charge is 2.48. The maximum Gasteiger partial charge on any atom is 0.252 e. The molecule has 1 aliphatic rings. The number of methoxy groups -OCH3 is 1. The number of hydrogen-bond donors (Lipinski definition) is 2. The van der Waals surface area contributed by atoms with Crippen LogP contribution in [0.4, 0.5) is 5.95 Å². The summed E-state index contributed by atoms with van der Waals surface area (Å²) in [6.45, 7) is 0.150. The van der Waals surface area contributed by atoms with Crippen LogP contribution in [-0.4, -0.2) is 50.6 Å². The van der Waals surface area contributed by atoms with Crippen LogP contribution >= 0.6 is 0 Å². The molecule has 10 nitrogen and oxygen atoms in total. The van der Waals surface area contributed by atoms with Crippen molar-refractivity contribution in [2.24, 2.45) is 5.92 Å². The Balaban J connectivity index is 1.19. The van der Waals surface area contributed by atoms with E-state index in [1.165, 1.54) is 0 Å². The average Bonchev–Trinajstić information content (AvgIpc) is 3.76. The molecule has 5 aromatic carbocycles. The van der Waals surface area contributed by atoms with E-state index in [4.69, 9.17) is 24.7 Å². The highest BCUT2D eigenvalue weighted by molar-refractivity contribution is 5.78. The second-order valence-corrected chi connectivity index (χ2v) is 13.0. The van der Waals surface area contributed by atoms with Gasteiger partial charge in [-0.3, -0.25) is 0 Å². The summed E-state index contributed by atoms with van der Waals surface area (Å²) in [5.74, 6) is 1.82. The molecule has 0 saturated heterocycles. The molecule has 1 aliphatic carbocycles. The molecule has 0 bridgehead atoms. The van der Waals surface area contributed by atoms with Crippen LogP contribution in [0, 0.1) is 5.92 Å². The lowest BCUT2D eigenvalue weighted by Crippen LogP contribution is -2.39. The first-order valence-electron chi connectivity index (χ1n) is 17.6. The average molecular weight is 706 g/mol. The third kappa shape index (κ3) is 6.66. The Hall–Kier alpha value is -6.23. The van der Waals surface area contributed by atoms with Crippen LogP contribution in [0.2, 0.25) is 0 Å². The second kappa shape index (κ2) is 14.8. The number of anilines is 1. The van der Waals surface area contributed by atoms with Crippen LogP contribution in [0.15, 0.2) is 152 Å². The van der Waals surface area contributed by atoms with Crippen molar-refractivity contribution in [3.63, 3.8) is 0 Å². The van der Waals surface area contributed by atoms with Gasteiger partial charge in [-0.1, -0.05) is 109 Å². The molecule has 4 atom stereocenters. The molecule has 0 spiro atoms. The summed E-state index contributed by atoms with van der Waals surface area (Å²) in [7, 11) is 1.65. The van der Waals surface area contributed by atoms with E-state index < -0.39 is 29.8 Å². The van der Waals surface area contributed by atoms with E-state index in [0.29, 0.717) is 29.1 Å². The first-order chi connectivity index (χ1) is 26.0. The summed E-state index contributed by atoms with van der Waals surface area (Å²) in [5.41, 5.74) is 8.88. The molecule has 0 aliphatic heterocycles. The van der Waals surface area contributed by atoms with E-state index in [-0.39, 0.29) is 18.4 Å². The Morgan fingerprint density at radius 1 is 0.717 bits per heavy atom. The number of para-hydroxylation sites is 2. The SMILES string of the molecule is COc1ccc(C(OC[C@H]2C(O)[C@@H](n3cnc4c(Oc5ccccc5)nc(N)nc43)C[C@@H]2Oc2ccccc2)(c2ccccc2)c2ccccc2)cc1. The molecule has 10 heteroatoms. The first-order valence-corrected chi connectivity index (χ1v) is 17.6. The van der Waals surface area contributed by atoms with Crippen molar-refractivity contribution in [3.8, 4) is 23.1 Å². The Kier molecular flexibility index (Phi) is 9.45. The van der Waals surface area contributed by atoms with E-state index in [0.717, 1.165) is 22.4 Å². The van der Waals surface area contributed by atoms with E-state index in [9.17, 15) is 5.11 Å². The minimum Gasteiger partial charge on any atom is -0.497 e. The number of aliphatic hydroxyl groups is 1. The summed E-state index contributed by atoms with van der Waals surface area (Å²) in [4.78, 5) is 13.6. The number of imidazole rings is 1. The number of fused-ring (bicyclic) bond motifs is 1. The fourth-order valence-electron chi connectivity index (χ4n) is 7.31. The van der Waals surface area contributed by atoms with Crippen molar-refractivity contribution in [2.45, 2.75) is 30.3 Å². The number of benzene rings is 5. The Labute approximate surface area is 307 Å². The van der Waals surface area contributed by atoms with Gasteiger partial charge in [-0.2, -0.15) is 9.97 Å². The van der Waals surface area contributed by atoms with Gasteiger partial charge < -0.3 is 34.4 Å². The van der Waals surface area contributed by atoms with Crippen LogP contribution in [0.1, 0.15) is 29.2 Å². The van der Waals surface area contributed by atoms with Crippen molar-refractivity contribution < 1.29 is 24.1 Å². The van der Waals surface area contributed by atoms with Gasteiger partial charge in [0.25, 0.3) is 5.88 Å². The fraction of sp³-hybridized carbons (Fsp3) is 0.186. The fourth-order valence-corrected chi connectivity index (χ4v) is 7.31. The zero-order chi connectivity index (χ0) is 36.2. The molecule has 266 valence electrons. The number of aromatic nitrogens is 4. The molecule has 0 radical (unpaired) electrons. The van der Waals surface area contributed by atoms with Gasteiger partial charge in [0.05, 0.1) is 32.2 Å². The molecular weight excluding hydrogens is 667 g/mol. The largest absolute Gasteiger partial charge is 0.497 e. The smallest absolute Gasteiger partial charge is 0.252 e. The maximum atomic E-state index is 12.3. The molecule has 1 saturated carbocycles. The molecule has 7 aromatic rings. The highest BCUT2D eigenvalue weighted by atomic mass is 16.5. The zero-order valence-corrected chi connectivity index (χ0v) is 29.1. The lowest BCUT2D eigenvalue weighted by molar-refractivity contribution is -0.0533. The monoisotopic (exact) mass is 705 g/mol. The highest BCUT2D eigenvalue weighted by Crippen LogP contribution is 2.45. The molecule has 3 N–H and O–H groups in total. The zero-order valence-electron chi connectivity index (χ0n) is 29.1. The second-order valence-electron chi connectivity index (χ2n) is 13.0. The standard InChI is InChI=1S/C43H39N5O5/c1-50-32-24-22-31(23-25-32)43(29-14-6-2-7-15-29,30-16-8-3-9-17-30)51-27-35-37(52-33-18-10-4-11-19-33)26-36(39(35)49)48-28-45-38-40(48)46-42(44)47-41(38)53-34-20-12-5-13-21-34/h2-25,28,35-37,39,49H,26-27H2,1H3,(H2,44,46,47)/t35-,36+,37+,39?/m1/s1. The molecule has 53 heavy (non-hydrogen) atoms. The lowest BCUT2D eigenvalue weighted by atomic mass is 9.80. The van der Waals surface area contributed by atoms with Gasteiger partial charge in [0, 0.05) is 12.3 Å². The van der Waals surface area contributed by atoms with Crippen LogP contribution in [-0.2, 0) is 10.3 Å². The van der Waals surface area contributed by atoms with E-state index in [1.807, 2.05) is 126 Å². The Morgan fingerprint density at radius 3 is 1.89 bits per heavy atom. The molecule has 8 rings (SSSR count). The van der Waals surface area contributed by atoms with Crippen LogP contribution in [0.3, 0.4) is 0 Å². The number of hydrogen-bond acceptors (Lipinski definition) is 9. The number of rotatable bonds is 12. The van der Waals surface area contributed by atoms with Gasteiger partial charge in [0.15, 0.2) is 11.2 Å². The van der Waals surface area contributed by atoms with Gasteiger partial charge in [-0.25, -0.2) is 4.98 Å². The maximum absolute atomic E-state index is 12.3. The molecule has 1 unspecified atom stereocenters. The molecule has 1 fully saturated rings. The Morgan fingerprint density at radius 2 is 1.28 bits per heavy atom. The number of nitrogens with two attached hydrogens (primary N) is 1. The third-order valence-corrected chi connectivity index (χ3v) is 9.89. The van der Waals surface area contributed by atoms with Crippen molar-refractivity contribution in [1.82, 2.24) is 19.5 Å². The quantitative estimate of drug-likeness (QED) is 0.124. The number of ether oxygens (including phenoxy) is 4. The predicted octanol–water partition coefficient (Wildman–Crippen LogP) is 7.59. The minimum atomic E-state index is -1.03. The van der Waals surface area contributed by atoms with Crippen molar-refractivity contribution in [2.75, 3.05) is 19.5 Å². The number of nitrogen functional groups attached to an aromatic ring is 1. The summed E-state index contributed by atoms with van der Waals surface area (Å²) >= 11 is 0. The first kappa shape index (κ1) is 33.9. The van der Waals surface area contributed by atoms with E-state index in [2.05, 4.69) is 39.2 Å². The molecular formula is C43H39N5O5. The molecule has 2 heterocycles. The van der Waals surface area contributed by atoms with Gasteiger partial charge >= 0.3 is 0 Å². The predicted molar refractivity (Wildman–Crippen MR) is 202 cm³/mol. The van der Waals surface area contributed by atoms with Crippen LogP contribution in [0.25, 0.3) is 11.2 Å². The van der Waals surface area contributed by atoms with Crippen LogP contribution in [0.5, 0.6) is 23.1 Å². The number of aliphatic hydroxyl groups excluding tert-OH is 1. The van der Waals surface area contributed by atoms with Crippen molar-refractivity contribution in [3.05, 3.63) is 169 Å². The third-order valence-electron chi connectivity index (χ3n) is 9.89. The summed E-state index contributed by atoms with van der Waals surface area (Å²) in [6, 6.07) is 46.7. The van der Waals surface area contributed by atoms with Gasteiger partial charge in [-0.15, -0.1) is 0 Å². The number of nitrogens with zero attached hydrogens (tertiary/aromatic N) is 4. The van der Waals surface area contributed by atoms with E-state index in [1.54, 1.807) is 13.4 Å².